The van der Waals surface area contributed by atoms with Gasteiger partial charge in [0.2, 0.25) is 0 Å². The molecular formula is C27H22N2O5. The summed E-state index contributed by atoms with van der Waals surface area (Å²) in [6, 6.07) is 24.8. The number of hydrogen-bond donors (Lipinski definition) is 1. The van der Waals surface area contributed by atoms with Crippen LogP contribution in [0.15, 0.2) is 90.0 Å². The highest BCUT2D eigenvalue weighted by Crippen LogP contribution is 2.28. The summed E-state index contributed by atoms with van der Waals surface area (Å²) >= 11 is 0. The Morgan fingerprint density at radius 2 is 1.56 bits per heavy atom. The molecule has 0 aliphatic heterocycles. The van der Waals surface area contributed by atoms with E-state index < -0.39 is 5.97 Å². The van der Waals surface area contributed by atoms with Crippen LogP contribution in [0.5, 0.6) is 17.2 Å². The van der Waals surface area contributed by atoms with Crippen LogP contribution < -0.4 is 19.6 Å². The van der Waals surface area contributed by atoms with E-state index in [9.17, 15) is 9.59 Å². The fourth-order valence-corrected chi connectivity index (χ4v) is 3.40. The molecule has 0 aromatic heterocycles. The largest absolute Gasteiger partial charge is 0.493 e. The van der Waals surface area contributed by atoms with Crippen LogP contribution in [0, 0.1) is 0 Å². The van der Waals surface area contributed by atoms with Gasteiger partial charge in [-0.25, -0.2) is 10.2 Å². The number of carbonyl (C=O) groups excluding carboxylic acids is 2. The smallest absolute Gasteiger partial charge is 0.343 e. The van der Waals surface area contributed by atoms with Crippen molar-refractivity contribution in [3.63, 3.8) is 0 Å². The first-order valence-electron chi connectivity index (χ1n) is 10.4. The van der Waals surface area contributed by atoms with Crippen molar-refractivity contribution in [2.75, 3.05) is 14.2 Å². The Bertz CT molecular complexity index is 1360. The second-order valence-corrected chi connectivity index (χ2v) is 7.25. The molecule has 0 aliphatic rings. The summed E-state index contributed by atoms with van der Waals surface area (Å²) in [4.78, 5) is 25.0. The minimum atomic E-state index is -0.523. The van der Waals surface area contributed by atoms with Gasteiger partial charge in [0.1, 0.15) is 5.75 Å². The molecule has 4 rings (SSSR count). The Kier molecular flexibility index (Phi) is 6.84. The van der Waals surface area contributed by atoms with Gasteiger partial charge in [-0.2, -0.15) is 5.10 Å². The second-order valence-electron chi connectivity index (χ2n) is 7.25. The van der Waals surface area contributed by atoms with Crippen LogP contribution in [0.1, 0.15) is 26.3 Å². The van der Waals surface area contributed by atoms with Gasteiger partial charge < -0.3 is 14.2 Å². The molecule has 0 unspecified atom stereocenters. The summed E-state index contributed by atoms with van der Waals surface area (Å²) in [6.45, 7) is 0. The molecule has 1 N–H and O–H groups in total. The SMILES string of the molecule is COc1ccc(C(=O)Oc2ccc(C=NNC(=O)c3cccc4ccccc34)cc2)cc1OC. The number of carbonyl (C=O) groups is 2. The number of fused-ring (bicyclic) bond motifs is 1. The molecule has 0 spiro atoms. The normalized spacial score (nSPS) is 10.8. The van der Waals surface area contributed by atoms with Crippen molar-refractivity contribution in [1.29, 1.82) is 0 Å². The van der Waals surface area contributed by atoms with E-state index in [-0.39, 0.29) is 5.91 Å². The summed E-state index contributed by atoms with van der Waals surface area (Å²) in [5.74, 6) is 0.513. The van der Waals surface area contributed by atoms with E-state index >= 15 is 0 Å². The molecule has 0 fully saturated rings. The quantitative estimate of drug-likeness (QED) is 0.187. The van der Waals surface area contributed by atoms with Crippen LogP contribution >= 0.6 is 0 Å². The summed E-state index contributed by atoms with van der Waals surface area (Å²) in [5.41, 5.74) is 4.16. The van der Waals surface area contributed by atoms with E-state index in [2.05, 4.69) is 10.5 Å². The molecule has 34 heavy (non-hydrogen) atoms. The number of rotatable bonds is 7. The lowest BCUT2D eigenvalue weighted by atomic mass is 10.0. The maximum atomic E-state index is 12.5. The minimum Gasteiger partial charge on any atom is -0.493 e. The Morgan fingerprint density at radius 3 is 2.32 bits per heavy atom. The van der Waals surface area contributed by atoms with Crippen molar-refractivity contribution < 1.29 is 23.8 Å². The molecule has 0 saturated carbocycles. The number of esters is 1. The Hall–Kier alpha value is -4.65. The van der Waals surface area contributed by atoms with Crippen LogP contribution in [0.25, 0.3) is 10.8 Å². The van der Waals surface area contributed by atoms with Crippen LogP contribution in [0.3, 0.4) is 0 Å². The lowest BCUT2D eigenvalue weighted by Gasteiger charge is -2.09. The molecule has 0 saturated heterocycles. The van der Waals surface area contributed by atoms with Gasteiger partial charge in [-0.1, -0.05) is 36.4 Å². The molecule has 4 aromatic carbocycles. The molecule has 0 atom stereocenters. The zero-order valence-electron chi connectivity index (χ0n) is 18.6. The predicted octanol–water partition coefficient (Wildman–Crippen LogP) is 4.84. The van der Waals surface area contributed by atoms with Crippen molar-refractivity contribution >= 4 is 28.9 Å². The van der Waals surface area contributed by atoms with Crippen molar-refractivity contribution in [2.24, 2.45) is 5.10 Å². The summed E-state index contributed by atoms with van der Waals surface area (Å²) in [7, 11) is 3.02. The van der Waals surface area contributed by atoms with Crippen LogP contribution in [0.2, 0.25) is 0 Å². The van der Waals surface area contributed by atoms with Gasteiger partial charge in [0.25, 0.3) is 5.91 Å². The number of hydrogen-bond acceptors (Lipinski definition) is 6. The maximum absolute atomic E-state index is 12.5. The van der Waals surface area contributed by atoms with E-state index in [1.54, 1.807) is 48.5 Å². The lowest BCUT2D eigenvalue weighted by molar-refractivity contribution is 0.0734. The molecular weight excluding hydrogens is 432 g/mol. The number of nitrogens with one attached hydrogen (secondary N) is 1. The third-order valence-corrected chi connectivity index (χ3v) is 5.12. The number of nitrogens with zero attached hydrogens (tertiary/aromatic N) is 1. The van der Waals surface area contributed by atoms with Gasteiger partial charge >= 0.3 is 5.97 Å². The van der Waals surface area contributed by atoms with Crippen molar-refractivity contribution in [2.45, 2.75) is 0 Å². The third kappa shape index (κ3) is 5.05. The molecule has 0 aliphatic carbocycles. The highest BCUT2D eigenvalue weighted by molar-refractivity contribution is 6.07. The van der Waals surface area contributed by atoms with E-state index in [0.29, 0.717) is 28.4 Å². The Labute approximate surface area is 196 Å². The first-order chi connectivity index (χ1) is 16.6. The zero-order valence-corrected chi connectivity index (χ0v) is 18.6. The molecule has 1 amide bonds. The maximum Gasteiger partial charge on any atom is 0.343 e. The summed E-state index contributed by atoms with van der Waals surface area (Å²) in [6.07, 6.45) is 1.52. The summed E-state index contributed by atoms with van der Waals surface area (Å²) in [5, 5.41) is 5.88. The number of benzene rings is 4. The van der Waals surface area contributed by atoms with Crippen LogP contribution in [0.4, 0.5) is 0 Å². The van der Waals surface area contributed by atoms with E-state index in [1.165, 1.54) is 20.4 Å². The van der Waals surface area contributed by atoms with Gasteiger partial charge in [-0.3, -0.25) is 4.79 Å². The number of methoxy groups -OCH3 is 2. The van der Waals surface area contributed by atoms with Gasteiger partial charge in [-0.15, -0.1) is 0 Å². The highest BCUT2D eigenvalue weighted by atomic mass is 16.5. The average molecular weight is 454 g/mol. The molecule has 7 nitrogen and oxygen atoms in total. The first kappa shape index (κ1) is 22.5. The monoisotopic (exact) mass is 454 g/mol. The Morgan fingerprint density at radius 1 is 0.824 bits per heavy atom. The fraction of sp³-hybridized carbons (Fsp3) is 0.0741. The van der Waals surface area contributed by atoms with Crippen molar-refractivity contribution in [3.8, 4) is 17.2 Å². The molecule has 0 bridgehead atoms. The summed E-state index contributed by atoms with van der Waals surface area (Å²) < 4.78 is 15.8. The van der Waals surface area contributed by atoms with Gasteiger partial charge in [0, 0.05) is 5.56 Å². The second kappa shape index (κ2) is 10.3. The van der Waals surface area contributed by atoms with Crippen molar-refractivity contribution in [3.05, 3.63) is 102 Å². The number of amides is 1. The minimum absolute atomic E-state index is 0.298. The average Bonchev–Trinajstić information content (AvgIpc) is 2.88. The standard InChI is InChI=1S/C27H22N2O5/c1-32-24-15-12-20(16-25(24)33-2)27(31)34-21-13-10-18(11-14-21)17-28-29-26(30)23-9-5-7-19-6-3-4-8-22(19)23/h3-17H,1-2H3,(H,29,30). The lowest BCUT2D eigenvalue weighted by Crippen LogP contribution is -2.17. The number of hydrazone groups is 1. The van der Waals surface area contributed by atoms with E-state index in [0.717, 1.165) is 16.3 Å². The van der Waals surface area contributed by atoms with Crippen LogP contribution in [-0.4, -0.2) is 32.3 Å². The van der Waals surface area contributed by atoms with Gasteiger partial charge in [0.15, 0.2) is 11.5 Å². The van der Waals surface area contributed by atoms with E-state index in [1.807, 2.05) is 36.4 Å². The van der Waals surface area contributed by atoms with E-state index in [4.69, 9.17) is 14.2 Å². The van der Waals surface area contributed by atoms with Gasteiger partial charge in [-0.05, 0) is 64.9 Å². The molecule has 170 valence electrons. The Balaban J connectivity index is 1.38. The number of ether oxygens (including phenoxy) is 3. The fourth-order valence-electron chi connectivity index (χ4n) is 3.40. The van der Waals surface area contributed by atoms with Crippen molar-refractivity contribution in [1.82, 2.24) is 5.43 Å². The predicted molar refractivity (Wildman–Crippen MR) is 130 cm³/mol. The van der Waals surface area contributed by atoms with Gasteiger partial charge in [0.05, 0.1) is 26.0 Å². The molecule has 4 aromatic rings. The highest BCUT2D eigenvalue weighted by Gasteiger charge is 2.13. The molecule has 7 heteroatoms. The molecule has 0 heterocycles. The molecule has 0 radical (unpaired) electrons. The van der Waals surface area contributed by atoms with Crippen LogP contribution in [-0.2, 0) is 0 Å². The zero-order chi connectivity index (χ0) is 23.9. The topological polar surface area (TPSA) is 86.2 Å². The third-order valence-electron chi connectivity index (χ3n) is 5.12. The first-order valence-corrected chi connectivity index (χ1v) is 10.4.